The lowest BCUT2D eigenvalue weighted by Gasteiger charge is -2.31. The number of hydrogen-bond acceptors (Lipinski definition) is 4. The van der Waals surface area contributed by atoms with Crippen LogP contribution in [0, 0.1) is 20.8 Å². The van der Waals surface area contributed by atoms with Gasteiger partial charge in [0.25, 0.3) is 5.91 Å². The molecule has 2 rings (SSSR count). The Bertz CT molecular complexity index is 1020. The van der Waals surface area contributed by atoms with Gasteiger partial charge in [0.05, 0.1) is 10.7 Å². The molecule has 0 heterocycles. The van der Waals surface area contributed by atoms with Gasteiger partial charge in [-0.25, -0.2) is 4.79 Å². The van der Waals surface area contributed by atoms with Gasteiger partial charge >= 0.3 is 6.09 Å². The molecule has 0 aromatic heterocycles. The van der Waals surface area contributed by atoms with Gasteiger partial charge in [0.1, 0.15) is 18.2 Å². The largest absolute Gasteiger partial charge is 0.444 e. The minimum absolute atomic E-state index is 0.251. The average molecular weight is 488 g/mol. The normalized spacial score (nSPS) is 12.0. The fourth-order valence-corrected chi connectivity index (χ4v) is 3.96. The zero-order valence-electron chi connectivity index (χ0n) is 20.9. The van der Waals surface area contributed by atoms with Crippen molar-refractivity contribution in [1.29, 1.82) is 0 Å². The number of nitrogens with zero attached hydrogens (tertiary/aromatic N) is 1. The number of likely N-dealkylation sites (N-methyl/N-ethyl adjacent to an activating group) is 1. The maximum atomic E-state index is 13.6. The van der Waals surface area contributed by atoms with Crippen LogP contribution < -0.4 is 10.6 Å². The number of carbonyl (C=O) groups is 3. The predicted octanol–water partition coefficient (Wildman–Crippen LogP) is 5.32. The molecule has 0 bridgehead atoms. The highest BCUT2D eigenvalue weighted by atomic mass is 35.5. The number of nitrogens with one attached hydrogen (secondary N) is 2. The van der Waals surface area contributed by atoms with Crippen molar-refractivity contribution in [2.45, 2.75) is 60.1 Å². The number of rotatable bonds is 7. The van der Waals surface area contributed by atoms with E-state index in [1.165, 1.54) is 4.90 Å². The summed E-state index contributed by atoms with van der Waals surface area (Å²) in [5, 5.41) is 5.80. The Morgan fingerprint density at radius 2 is 1.68 bits per heavy atom. The standard InChI is InChI=1S/C26H34ClN3O4/c1-8-30(21(31)15-28-25(33)34-26(5,6)7)23(19-13-16(2)12-17(3)14-19)24(32)29-22-18(4)10-9-11-20(22)27/h9-14,23H,8,15H2,1-7H3,(H,28,33)(H,29,32). The van der Waals surface area contributed by atoms with E-state index in [0.29, 0.717) is 16.3 Å². The van der Waals surface area contributed by atoms with Crippen LogP contribution in [-0.4, -0.2) is 41.5 Å². The molecule has 0 radical (unpaired) electrons. The van der Waals surface area contributed by atoms with Crippen LogP contribution in [0.4, 0.5) is 10.5 Å². The number of hydrogen-bond donors (Lipinski definition) is 2. The molecule has 7 nitrogen and oxygen atoms in total. The second kappa shape index (κ2) is 11.4. The first-order valence-corrected chi connectivity index (χ1v) is 11.6. The third-order valence-electron chi connectivity index (χ3n) is 5.03. The van der Waals surface area contributed by atoms with Crippen LogP contribution in [0.25, 0.3) is 0 Å². The lowest BCUT2D eigenvalue weighted by atomic mass is 9.99. The summed E-state index contributed by atoms with van der Waals surface area (Å²) in [6.07, 6.45) is -0.698. The summed E-state index contributed by atoms with van der Waals surface area (Å²) in [6, 6.07) is 10.2. The predicted molar refractivity (Wildman–Crippen MR) is 135 cm³/mol. The molecule has 2 N–H and O–H groups in total. The van der Waals surface area contributed by atoms with Crippen molar-refractivity contribution in [3.8, 4) is 0 Å². The van der Waals surface area contributed by atoms with Crippen molar-refractivity contribution in [2.24, 2.45) is 0 Å². The summed E-state index contributed by atoms with van der Waals surface area (Å²) in [5.74, 6) is -0.808. The van der Waals surface area contributed by atoms with Gasteiger partial charge in [0.15, 0.2) is 0 Å². The summed E-state index contributed by atoms with van der Waals surface area (Å²) in [5.41, 5.74) is 3.23. The first kappa shape index (κ1) is 27.2. The van der Waals surface area contributed by atoms with Crippen LogP contribution in [0.15, 0.2) is 36.4 Å². The molecular weight excluding hydrogens is 454 g/mol. The van der Waals surface area contributed by atoms with Crippen LogP contribution >= 0.6 is 11.6 Å². The number of para-hydroxylation sites is 1. The Morgan fingerprint density at radius 3 is 2.21 bits per heavy atom. The van der Waals surface area contributed by atoms with E-state index in [9.17, 15) is 14.4 Å². The third-order valence-corrected chi connectivity index (χ3v) is 5.35. The maximum Gasteiger partial charge on any atom is 0.408 e. The van der Waals surface area contributed by atoms with Crippen molar-refractivity contribution >= 4 is 35.2 Å². The van der Waals surface area contributed by atoms with Gasteiger partial charge in [0.2, 0.25) is 5.91 Å². The molecular formula is C26H34ClN3O4. The molecule has 34 heavy (non-hydrogen) atoms. The van der Waals surface area contributed by atoms with Crippen LogP contribution in [0.5, 0.6) is 0 Å². The van der Waals surface area contributed by atoms with Gasteiger partial charge in [-0.1, -0.05) is 53.1 Å². The molecule has 0 saturated carbocycles. The summed E-state index contributed by atoms with van der Waals surface area (Å²) in [7, 11) is 0. The number of benzene rings is 2. The van der Waals surface area contributed by atoms with Gasteiger partial charge in [-0.3, -0.25) is 9.59 Å². The van der Waals surface area contributed by atoms with E-state index in [2.05, 4.69) is 10.6 Å². The van der Waals surface area contributed by atoms with Crippen molar-refractivity contribution in [3.63, 3.8) is 0 Å². The van der Waals surface area contributed by atoms with Crippen molar-refractivity contribution in [2.75, 3.05) is 18.4 Å². The fraction of sp³-hybridized carbons (Fsp3) is 0.423. The Balaban J connectivity index is 2.38. The van der Waals surface area contributed by atoms with Crippen LogP contribution in [0.1, 0.15) is 56.0 Å². The van der Waals surface area contributed by atoms with E-state index in [1.54, 1.807) is 39.8 Å². The number of halogens is 1. The van der Waals surface area contributed by atoms with Gasteiger partial charge in [-0.2, -0.15) is 0 Å². The molecule has 0 fully saturated rings. The maximum absolute atomic E-state index is 13.6. The summed E-state index contributed by atoms with van der Waals surface area (Å²) >= 11 is 6.33. The van der Waals surface area contributed by atoms with Crippen LogP contribution in [0.2, 0.25) is 5.02 Å². The molecule has 2 aromatic carbocycles. The van der Waals surface area contributed by atoms with E-state index in [-0.39, 0.29) is 13.1 Å². The molecule has 1 atom stereocenters. The highest BCUT2D eigenvalue weighted by Crippen LogP contribution is 2.29. The van der Waals surface area contributed by atoms with Crippen molar-refractivity contribution in [1.82, 2.24) is 10.2 Å². The number of aryl methyl sites for hydroxylation is 3. The van der Waals surface area contributed by atoms with E-state index in [4.69, 9.17) is 16.3 Å². The average Bonchev–Trinajstić information content (AvgIpc) is 2.70. The summed E-state index contributed by atoms with van der Waals surface area (Å²) in [4.78, 5) is 40.3. The zero-order valence-corrected chi connectivity index (χ0v) is 21.7. The van der Waals surface area contributed by atoms with Gasteiger partial charge < -0.3 is 20.3 Å². The van der Waals surface area contributed by atoms with Gasteiger partial charge in [-0.15, -0.1) is 0 Å². The minimum atomic E-state index is -0.924. The molecule has 184 valence electrons. The molecule has 1 unspecified atom stereocenters. The van der Waals surface area contributed by atoms with E-state index in [1.807, 2.05) is 45.0 Å². The number of alkyl carbamates (subject to hydrolysis) is 1. The minimum Gasteiger partial charge on any atom is -0.444 e. The number of anilines is 1. The van der Waals surface area contributed by atoms with Gasteiger partial charge in [0, 0.05) is 6.54 Å². The summed E-state index contributed by atoms with van der Waals surface area (Å²) < 4.78 is 5.22. The monoisotopic (exact) mass is 487 g/mol. The zero-order chi connectivity index (χ0) is 25.6. The lowest BCUT2D eigenvalue weighted by molar-refractivity contribution is -0.138. The molecule has 0 aliphatic rings. The molecule has 0 saturated heterocycles. The number of ether oxygens (including phenoxy) is 1. The lowest BCUT2D eigenvalue weighted by Crippen LogP contribution is -2.46. The number of carbonyl (C=O) groups excluding carboxylic acids is 3. The van der Waals surface area contributed by atoms with Crippen molar-refractivity contribution < 1.29 is 19.1 Å². The van der Waals surface area contributed by atoms with Crippen LogP contribution in [0.3, 0.4) is 0 Å². The van der Waals surface area contributed by atoms with E-state index >= 15 is 0 Å². The fourth-order valence-electron chi connectivity index (χ4n) is 3.69. The molecule has 3 amide bonds. The Morgan fingerprint density at radius 1 is 1.06 bits per heavy atom. The topological polar surface area (TPSA) is 87.7 Å². The first-order chi connectivity index (χ1) is 15.8. The second-order valence-electron chi connectivity index (χ2n) is 9.28. The second-order valence-corrected chi connectivity index (χ2v) is 9.69. The first-order valence-electron chi connectivity index (χ1n) is 11.2. The smallest absolute Gasteiger partial charge is 0.408 e. The van der Waals surface area contributed by atoms with Gasteiger partial charge in [-0.05, 0) is 65.7 Å². The molecule has 2 aromatic rings. The number of amides is 3. The van der Waals surface area contributed by atoms with E-state index < -0.39 is 29.6 Å². The highest BCUT2D eigenvalue weighted by Gasteiger charge is 2.32. The molecule has 0 aliphatic carbocycles. The van der Waals surface area contributed by atoms with Crippen molar-refractivity contribution in [3.05, 3.63) is 63.7 Å². The Kier molecular flexibility index (Phi) is 9.10. The molecule has 0 spiro atoms. The third kappa shape index (κ3) is 7.48. The summed E-state index contributed by atoms with van der Waals surface area (Å²) in [6.45, 7) is 12.7. The quantitative estimate of drug-likeness (QED) is 0.553. The Labute approximate surface area is 206 Å². The van der Waals surface area contributed by atoms with E-state index in [0.717, 1.165) is 16.7 Å². The molecule has 8 heteroatoms. The van der Waals surface area contributed by atoms with Crippen LogP contribution in [-0.2, 0) is 14.3 Å². The highest BCUT2D eigenvalue weighted by molar-refractivity contribution is 6.34. The Hall–Kier alpha value is -3.06. The molecule has 0 aliphatic heterocycles. The SMILES string of the molecule is CCN(C(=O)CNC(=O)OC(C)(C)C)C(C(=O)Nc1c(C)cccc1Cl)c1cc(C)cc(C)c1.